The van der Waals surface area contributed by atoms with Crippen molar-refractivity contribution in [1.82, 2.24) is 19.7 Å². The average Bonchev–Trinajstić information content (AvgIpc) is 3.43. The fraction of sp³-hybridized carbons (Fsp3) is 0.391. The van der Waals surface area contributed by atoms with Gasteiger partial charge in [-0.05, 0) is 49.9 Å². The Morgan fingerprint density at radius 3 is 2.94 bits per heavy atom. The zero-order valence-corrected chi connectivity index (χ0v) is 17.7. The number of rotatable bonds is 6. The Morgan fingerprint density at radius 1 is 1.31 bits per heavy atom. The van der Waals surface area contributed by atoms with E-state index in [1.54, 1.807) is 12.4 Å². The van der Waals surface area contributed by atoms with E-state index in [1.807, 2.05) is 46.1 Å². The average molecular weight is 431 g/mol. The second kappa shape index (κ2) is 8.22. The number of nitrogens with two attached hydrogens (primary N) is 1. The fourth-order valence-electron chi connectivity index (χ4n) is 4.71. The lowest BCUT2D eigenvalue weighted by molar-refractivity contribution is 0.103. The van der Waals surface area contributed by atoms with Crippen molar-refractivity contribution in [2.45, 2.75) is 49.9 Å². The molecule has 2 aliphatic rings. The van der Waals surface area contributed by atoms with Gasteiger partial charge in [0.05, 0.1) is 29.9 Å². The summed E-state index contributed by atoms with van der Waals surface area (Å²) >= 11 is 0. The lowest BCUT2D eigenvalue weighted by Crippen LogP contribution is -2.53. The van der Waals surface area contributed by atoms with Crippen LogP contribution in [0.4, 0.5) is 17.3 Å². The Balaban J connectivity index is 1.35. The third kappa shape index (κ3) is 3.79. The summed E-state index contributed by atoms with van der Waals surface area (Å²) in [5.74, 6) is 0.478. The minimum atomic E-state index is -0.434. The molecule has 2 aromatic heterocycles. The molecule has 0 radical (unpaired) electrons. The molecule has 1 aliphatic carbocycles. The molecule has 32 heavy (non-hydrogen) atoms. The molecule has 1 saturated heterocycles. The summed E-state index contributed by atoms with van der Waals surface area (Å²) in [6.45, 7) is 0.846. The smallest absolute Gasteiger partial charge is 0.227 e. The number of hydrogen-bond donors (Lipinski definition) is 3. The molecule has 3 heterocycles. The van der Waals surface area contributed by atoms with Crippen LogP contribution in [0.1, 0.15) is 32.1 Å². The Bertz CT molecular complexity index is 1150. The van der Waals surface area contributed by atoms with Gasteiger partial charge in [0.2, 0.25) is 5.95 Å². The van der Waals surface area contributed by atoms with Crippen LogP contribution in [0.3, 0.4) is 0 Å². The Kier molecular flexibility index (Phi) is 5.25. The molecule has 0 bridgehead atoms. The molecule has 0 spiro atoms. The van der Waals surface area contributed by atoms with Gasteiger partial charge in [-0.2, -0.15) is 10.4 Å². The minimum absolute atomic E-state index is 0.114. The van der Waals surface area contributed by atoms with Crippen molar-refractivity contribution in [3.8, 4) is 17.3 Å². The van der Waals surface area contributed by atoms with E-state index in [9.17, 15) is 10.4 Å². The molecular weight excluding hydrogens is 404 g/mol. The number of nitriles is 1. The third-order valence-electron chi connectivity index (χ3n) is 6.37. The van der Waals surface area contributed by atoms with Gasteiger partial charge >= 0.3 is 0 Å². The van der Waals surface area contributed by atoms with Crippen molar-refractivity contribution in [3.05, 3.63) is 48.9 Å². The highest BCUT2D eigenvalue weighted by Crippen LogP contribution is 2.41. The number of aliphatic hydroxyl groups is 1. The molecule has 1 atom stereocenters. The summed E-state index contributed by atoms with van der Waals surface area (Å²) in [6, 6.07) is 12.1. The molecule has 1 unspecified atom stereocenters. The maximum absolute atomic E-state index is 10.2. The highest BCUT2D eigenvalue weighted by atomic mass is 16.3. The van der Waals surface area contributed by atoms with Gasteiger partial charge in [-0.3, -0.25) is 4.68 Å². The van der Waals surface area contributed by atoms with E-state index in [4.69, 9.17) is 5.73 Å². The van der Waals surface area contributed by atoms with Gasteiger partial charge in [0.15, 0.2) is 0 Å². The number of hydrogen-bond acceptors (Lipinski definition) is 8. The third-order valence-corrected chi connectivity index (χ3v) is 6.37. The first-order chi connectivity index (χ1) is 15.6. The maximum Gasteiger partial charge on any atom is 0.227 e. The van der Waals surface area contributed by atoms with Crippen molar-refractivity contribution in [2.24, 2.45) is 5.73 Å². The second-order valence-electron chi connectivity index (χ2n) is 8.66. The summed E-state index contributed by atoms with van der Waals surface area (Å²) in [5, 5.41) is 27.2. The molecule has 1 aliphatic heterocycles. The summed E-state index contributed by atoms with van der Waals surface area (Å²) in [4.78, 5) is 11.0. The molecule has 164 valence electrons. The lowest BCUT2D eigenvalue weighted by atomic mass is 9.71. The predicted molar refractivity (Wildman–Crippen MR) is 121 cm³/mol. The second-order valence-corrected chi connectivity index (χ2v) is 8.66. The van der Waals surface area contributed by atoms with Crippen molar-refractivity contribution in [1.29, 1.82) is 5.26 Å². The molecule has 3 aromatic rings. The molecule has 9 heteroatoms. The Morgan fingerprint density at radius 2 is 2.19 bits per heavy atom. The van der Waals surface area contributed by atoms with Gasteiger partial charge in [-0.1, -0.05) is 6.07 Å². The van der Waals surface area contributed by atoms with Crippen LogP contribution in [0.15, 0.2) is 48.9 Å². The van der Waals surface area contributed by atoms with E-state index in [2.05, 4.69) is 26.5 Å². The number of nitrogens with zero attached hydrogens (tertiary/aromatic N) is 6. The summed E-state index contributed by atoms with van der Waals surface area (Å²) in [5.41, 5.74) is 9.11. The van der Waals surface area contributed by atoms with E-state index >= 15 is 0 Å². The first-order valence-corrected chi connectivity index (χ1v) is 10.9. The van der Waals surface area contributed by atoms with Gasteiger partial charge in [-0.25, -0.2) is 9.97 Å². The van der Waals surface area contributed by atoms with Crippen LogP contribution in [0.5, 0.6) is 0 Å². The van der Waals surface area contributed by atoms with Crippen LogP contribution in [0, 0.1) is 11.3 Å². The quantitative estimate of drug-likeness (QED) is 0.544. The highest BCUT2D eigenvalue weighted by Gasteiger charge is 2.45. The van der Waals surface area contributed by atoms with Crippen LogP contribution >= 0.6 is 0 Å². The van der Waals surface area contributed by atoms with Crippen LogP contribution < -0.4 is 16.0 Å². The highest BCUT2D eigenvalue weighted by molar-refractivity contribution is 5.64. The molecular formula is C23H26N8O. The van der Waals surface area contributed by atoms with Gasteiger partial charge in [0.25, 0.3) is 0 Å². The summed E-state index contributed by atoms with van der Waals surface area (Å²) < 4.78 is 1.87. The maximum atomic E-state index is 10.2. The number of anilines is 3. The van der Waals surface area contributed by atoms with Crippen LogP contribution in [0.2, 0.25) is 0 Å². The van der Waals surface area contributed by atoms with E-state index in [0.717, 1.165) is 54.9 Å². The van der Waals surface area contributed by atoms with Gasteiger partial charge in [0.1, 0.15) is 6.23 Å². The van der Waals surface area contributed by atoms with Crippen molar-refractivity contribution >= 4 is 17.3 Å². The molecule has 9 nitrogen and oxygen atoms in total. The summed E-state index contributed by atoms with van der Waals surface area (Å²) in [6.07, 6.45) is 8.64. The molecule has 1 aromatic carbocycles. The molecule has 0 amide bonds. The van der Waals surface area contributed by atoms with E-state index in [-0.39, 0.29) is 11.6 Å². The first-order valence-electron chi connectivity index (χ1n) is 10.9. The molecule has 2 fully saturated rings. The molecule has 4 N–H and O–H groups in total. The van der Waals surface area contributed by atoms with Crippen LogP contribution in [-0.2, 0) is 5.54 Å². The largest absolute Gasteiger partial charge is 0.374 e. The van der Waals surface area contributed by atoms with Crippen LogP contribution in [-0.4, -0.2) is 43.7 Å². The molecule has 5 rings (SSSR count). The Hall–Kier alpha value is -3.48. The zero-order valence-electron chi connectivity index (χ0n) is 17.7. The van der Waals surface area contributed by atoms with Crippen molar-refractivity contribution in [2.75, 3.05) is 16.8 Å². The minimum Gasteiger partial charge on any atom is -0.374 e. The zero-order chi connectivity index (χ0) is 22.1. The van der Waals surface area contributed by atoms with E-state index < -0.39 is 6.23 Å². The predicted octanol–water partition coefficient (Wildman–Crippen LogP) is 2.73. The molecule has 1 saturated carbocycles. The van der Waals surface area contributed by atoms with Crippen LogP contribution in [0.25, 0.3) is 11.3 Å². The number of aromatic nitrogens is 4. The number of nitrogens with one attached hydrogen (secondary N) is 1. The monoisotopic (exact) mass is 430 g/mol. The standard InChI is InChI=1S/C23H26N8O/c24-8-7-23(12-17(25)13-23)31-15-16(14-27-31)20-6-9-26-22(29-20)28-18-3-1-4-19(11-18)30-10-2-5-21(30)32/h1,3-4,6,9,11,14-15,17,21,32H,2,5,7,10,12-13,25H2,(H,26,28,29). The van der Waals surface area contributed by atoms with E-state index in [1.165, 1.54) is 0 Å². The van der Waals surface area contributed by atoms with Gasteiger partial charge < -0.3 is 21.1 Å². The topological polar surface area (TPSA) is 129 Å². The normalized spacial score (nSPS) is 24.7. The number of benzene rings is 1. The number of aliphatic hydroxyl groups excluding tert-OH is 1. The van der Waals surface area contributed by atoms with Gasteiger partial charge in [-0.15, -0.1) is 0 Å². The van der Waals surface area contributed by atoms with Gasteiger partial charge in [0, 0.05) is 41.9 Å². The van der Waals surface area contributed by atoms with Crippen molar-refractivity contribution < 1.29 is 5.11 Å². The first kappa shape index (κ1) is 20.4. The van der Waals surface area contributed by atoms with E-state index in [0.29, 0.717) is 12.4 Å². The lowest BCUT2D eigenvalue weighted by Gasteiger charge is -2.44. The Labute approximate surface area is 186 Å². The summed E-state index contributed by atoms with van der Waals surface area (Å²) in [7, 11) is 0. The SMILES string of the molecule is N#CCC1(n2cc(-c3ccnc(Nc4cccc(N5CCCC5O)c4)n3)cn2)CC(N)C1. The van der Waals surface area contributed by atoms with Crippen molar-refractivity contribution in [3.63, 3.8) is 0 Å². The fourth-order valence-corrected chi connectivity index (χ4v) is 4.71.